The normalized spacial score (nSPS) is 26.9. The predicted octanol–water partition coefficient (Wildman–Crippen LogP) is 9.91. The number of hydrogen-bond acceptors (Lipinski definition) is 0. The predicted molar refractivity (Wildman–Crippen MR) is 171 cm³/mol. The minimum absolute atomic E-state index is 0.0243. The summed E-state index contributed by atoms with van der Waals surface area (Å²) in [5, 5.41) is 0. The first-order valence-corrected chi connectivity index (χ1v) is 15.0. The van der Waals surface area contributed by atoms with Crippen LogP contribution in [0, 0.1) is 17.8 Å². The molecule has 9 rings (SSSR count). The van der Waals surface area contributed by atoms with Crippen LogP contribution in [-0.2, 0) is 5.41 Å². The highest BCUT2D eigenvalue weighted by molar-refractivity contribution is 5.86. The molecule has 0 saturated heterocycles. The number of allylic oxidation sites excluding steroid dienone is 16. The van der Waals surface area contributed by atoms with Crippen molar-refractivity contribution in [2.75, 3.05) is 0 Å². The van der Waals surface area contributed by atoms with Crippen molar-refractivity contribution in [1.82, 2.24) is 0 Å². The highest BCUT2D eigenvalue weighted by atomic mass is 14.4. The van der Waals surface area contributed by atoms with Gasteiger partial charge in [0.25, 0.3) is 0 Å². The second-order valence-electron chi connectivity index (χ2n) is 12.8. The zero-order valence-corrected chi connectivity index (χ0v) is 23.5. The summed E-state index contributed by atoms with van der Waals surface area (Å²) in [4.78, 5) is 0. The van der Waals surface area contributed by atoms with Gasteiger partial charge in [-0.15, -0.1) is 0 Å². The fourth-order valence-electron chi connectivity index (χ4n) is 8.34. The van der Waals surface area contributed by atoms with Gasteiger partial charge in [-0.05, 0) is 72.9 Å². The molecule has 41 heavy (non-hydrogen) atoms. The van der Waals surface area contributed by atoms with E-state index in [2.05, 4.69) is 147 Å². The summed E-state index contributed by atoms with van der Waals surface area (Å²) in [6, 6.07) is 25.0. The van der Waals surface area contributed by atoms with Crippen molar-refractivity contribution in [2.45, 2.75) is 25.2 Å². The third kappa shape index (κ3) is 3.22. The van der Waals surface area contributed by atoms with Crippen LogP contribution >= 0.6 is 0 Å². The van der Waals surface area contributed by atoms with Crippen LogP contribution in [0.3, 0.4) is 0 Å². The van der Waals surface area contributed by atoms with E-state index >= 15 is 0 Å². The molecule has 0 heteroatoms. The Morgan fingerprint density at radius 2 is 1.37 bits per heavy atom. The average molecular weight is 525 g/mol. The molecule has 0 heterocycles. The number of hydrogen-bond donors (Lipinski definition) is 0. The SMILES string of the molecule is CC1(C)c2ccccc2-c2ccc(C3=CC4C=CC(C5=C6C=CC=C7c8ccccc8C(C=C5)C76)=CC4C=C3)cc21. The summed E-state index contributed by atoms with van der Waals surface area (Å²) < 4.78 is 0. The highest BCUT2D eigenvalue weighted by Crippen LogP contribution is 2.55. The first-order valence-electron chi connectivity index (χ1n) is 15.0. The van der Waals surface area contributed by atoms with Gasteiger partial charge in [0.15, 0.2) is 0 Å². The van der Waals surface area contributed by atoms with Gasteiger partial charge in [-0.25, -0.2) is 0 Å². The molecule has 6 aliphatic rings. The van der Waals surface area contributed by atoms with Crippen LogP contribution in [0.5, 0.6) is 0 Å². The largest absolute Gasteiger partial charge is 0.0761 e. The summed E-state index contributed by atoms with van der Waals surface area (Å²) in [5.41, 5.74) is 16.9. The van der Waals surface area contributed by atoms with E-state index in [0.717, 1.165) is 0 Å². The van der Waals surface area contributed by atoms with E-state index in [0.29, 0.717) is 23.7 Å². The van der Waals surface area contributed by atoms with Gasteiger partial charge >= 0.3 is 0 Å². The Kier molecular flexibility index (Phi) is 4.72. The number of fused-ring (bicyclic) bond motifs is 7. The Morgan fingerprint density at radius 3 is 2.24 bits per heavy atom. The molecule has 4 unspecified atom stereocenters. The molecule has 6 aliphatic carbocycles. The molecule has 3 aromatic rings. The van der Waals surface area contributed by atoms with Gasteiger partial charge in [0.05, 0.1) is 0 Å². The number of benzene rings is 3. The molecule has 0 radical (unpaired) electrons. The van der Waals surface area contributed by atoms with Crippen LogP contribution in [0.15, 0.2) is 150 Å². The van der Waals surface area contributed by atoms with E-state index < -0.39 is 0 Å². The molecule has 0 bridgehead atoms. The molecule has 0 saturated carbocycles. The lowest BCUT2D eigenvalue weighted by atomic mass is 9.72. The Labute approximate surface area is 242 Å². The lowest BCUT2D eigenvalue weighted by molar-refractivity contribution is 0.655. The summed E-state index contributed by atoms with van der Waals surface area (Å²) >= 11 is 0. The van der Waals surface area contributed by atoms with Crippen molar-refractivity contribution in [1.29, 1.82) is 0 Å². The van der Waals surface area contributed by atoms with E-state index in [1.165, 1.54) is 66.8 Å². The smallest absolute Gasteiger partial charge is 0.0205 e. The molecule has 0 aliphatic heterocycles. The highest BCUT2D eigenvalue weighted by Gasteiger charge is 2.40. The third-order valence-electron chi connectivity index (χ3n) is 10.4. The van der Waals surface area contributed by atoms with Gasteiger partial charge in [-0.2, -0.15) is 0 Å². The molecule has 0 spiro atoms. The first kappa shape index (κ1) is 23.3. The van der Waals surface area contributed by atoms with Gasteiger partial charge in [0.2, 0.25) is 0 Å². The maximum Gasteiger partial charge on any atom is 0.0205 e. The summed E-state index contributed by atoms with van der Waals surface area (Å²) in [6.07, 6.45) is 26.3. The van der Waals surface area contributed by atoms with E-state index in [4.69, 9.17) is 0 Å². The molecular weight excluding hydrogens is 492 g/mol. The second kappa shape index (κ2) is 8.30. The topological polar surface area (TPSA) is 0 Å². The van der Waals surface area contributed by atoms with Crippen LogP contribution in [0.1, 0.15) is 47.6 Å². The Balaban J connectivity index is 1.03. The van der Waals surface area contributed by atoms with Crippen LogP contribution in [0.25, 0.3) is 22.3 Å². The molecule has 0 N–H and O–H groups in total. The fourth-order valence-corrected chi connectivity index (χ4v) is 8.34. The van der Waals surface area contributed by atoms with Crippen LogP contribution < -0.4 is 0 Å². The minimum atomic E-state index is 0.0243. The van der Waals surface area contributed by atoms with Crippen LogP contribution in [0.4, 0.5) is 0 Å². The second-order valence-corrected chi connectivity index (χ2v) is 12.8. The maximum absolute atomic E-state index is 2.50. The van der Waals surface area contributed by atoms with Gasteiger partial charge in [-0.3, -0.25) is 0 Å². The molecule has 4 atom stereocenters. The summed E-state index contributed by atoms with van der Waals surface area (Å²) in [7, 11) is 0. The van der Waals surface area contributed by atoms with Crippen molar-refractivity contribution >= 4 is 11.1 Å². The molecule has 0 aromatic heterocycles. The summed E-state index contributed by atoms with van der Waals surface area (Å²) in [6.45, 7) is 4.72. The zero-order chi connectivity index (χ0) is 27.3. The Bertz CT molecular complexity index is 1920. The Morgan fingerprint density at radius 1 is 0.634 bits per heavy atom. The number of rotatable bonds is 2. The monoisotopic (exact) mass is 524 g/mol. The van der Waals surface area contributed by atoms with Crippen LogP contribution in [0.2, 0.25) is 0 Å². The molecular formula is C41H32. The maximum atomic E-state index is 2.50. The van der Waals surface area contributed by atoms with Gasteiger partial charge in [0, 0.05) is 29.1 Å². The van der Waals surface area contributed by atoms with E-state index in [9.17, 15) is 0 Å². The van der Waals surface area contributed by atoms with E-state index in [1.54, 1.807) is 0 Å². The van der Waals surface area contributed by atoms with Crippen molar-refractivity contribution in [2.24, 2.45) is 17.8 Å². The lowest BCUT2D eigenvalue weighted by Crippen LogP contribution is -2.18. The van der Waals surface area contributed by atoms with Gasteiger partial charge in [-0.1, -0.05) is 141 Å². The van der Waals surface area contributed by atoms with E-state index in [-0.39, 0.29) is 5.41 Å². The van der Waals surface area contributed by atoms with Gasteiger partial charge in [0.1, 0.15) is 0 Å². The molecule has 0 fully saturated rings. The quantitative estimate of drug-likeness (QED) is 0.313. The van der Waals surface area contributed by atoms with Crippen molar-refractivity contribution in [3.05, 3.63) is 178 Å². The van der Waals surface area contributed by atoms with Crippen LogP contribution in [-0.4, -0.2) is 0 Å². The van der Waals surface area contributed by atoms with Crippen molar-refractivity contribution in [3.8, 4) is 11.1 Å². The first-order chi connectivity index (χ1) is 20.1. The molecule has 0 nitrogen and oxygen atoms in total. The van der Waals surface area contributed by atoms with Crippen molar-refractivity contribution < 1.29 is 0 Å². The minimum Gasteiger partial charge on any atom is -0.0761 e. The lowest BCUT2D eigenvalue weighted by Gasteiger charge is -2.31. The molecule has 0 amide bonds. The Hall–Kier alpha value is -4.42. The standard InChI is InChI=1S/C41H32/c1-41(2)38-13-6-5-10-33(38)34-19-18-28(24-39(34)41)26-14-15-27-23-29(17-16-25(27)22-26)30-20-21-37-32-9-4-3-8-31(32)36-12-7-11-35(30)40(36)37/h3-25,27,37,40H,1-2H3. The molecule has 3 aromatic carbocycles. The van der Waals surface area contributed by atoms with Crippen molar-refractivity contribution in [3.63, 3.8) is 0 Å². The average Bonchev–Trinajstić information content (AvgIpc) is 3.47. The van der Waals surface area contributed by atoms with Gasteiger partial charge < -0.3 is 0 Å². The zero-order valence-electron chi connectivity index (χ0n) is 23.5. The molecule has 196 valence electrons. The fraction of sp³-hybridized carbons (Fsp3) is 0.171. The third-order valence-corrected chi connectivity index (χ3v) is 10.4. The van der Waals surface area contributed by atoms with E-state index in [1.807, 2.05) is 0 Å². The summed E-state index contributed by atoms with van der Waals surface area (Å²) in [5.74, 6) is 1.66.